The van der Waals surface area contributed by atoms with Crippen LogP contribution in [0.2, 0.25) is 0 Å². The summed E-state index contributed by atoms with van der Waals surface area (Å²) in [6.45, 7) is 2.59. The van der Waals surface area contributed by atoms with Crippen molar-refractivity contribution in [2.45, 2.75) is 42.7 Å². The summed E-state index contributed by atoms with van der Waals surface area (Å²) in [5.74, 6) is -12.9. The van der Waals surface area contributed by atoms with Gasteiger partial charge in [0.25, 0.3) is 0 Å². The third kappa shape index (κ3) is 2.60. The van der Waals surface area contributed by atoms with Crippen LogP contribution in [-0.2, 0) is 0 Å². The number of halogens is 11. The molecular weight excluding hydrogens is 305 g/mol. The molecule has 0 N–H and O–H groups in total. The standard InChI is InChI=1S/C8H6F11/c1-2-3-4(9,10)6(12,13)5(11,7(14,15)16)8(17,18)19/h1-3H2. The van der Waals surface area contributed by atoms with Crippen molar-refractivity contribution in [2.24, 2.45) is 0 Å². The molecule has 0 aromatic heterocycles. The van der Waals surface area contributed by atoms with Crippen LogP contribution >= 0.6 is 0 Å². The van der Waals surface area contributed by atoms with Crippen molar-refractivity contribution >= 4 is 0 Å². The highest BCUT2D eigenvalue weighted by Crippen LogP contribution is 2.59. The van der Waals surface area contributed by atoms with Gasteiger partial charge in [-0.15, -0.1) is 0 Å². The zero-order valence-corrected chi connectivity index (χ0v) is 8.78. The van der Waals surface area contributed by atoms with Crippen LogP contribution in [0.3, 0.4) is 0 Å². The van der Waals surface area contributed by atoms with E-state index in [1.807, 2.05) is 0 Å². The molecule has 0 nitrogen and oxygen atoms in total. The highest BCUT2D eigenvalue weighted by atomic mass is 19.4. The molecule has 0 unspecified atom stereocenters. The van der Waals surface area contributed by atoms with Crippen LogP contribution in [-0.4, -0.2) is 29.9 Å². The monoisotopic (exact) mass is 311 g/mol. The zero-order chi connectivity index (χ0) is 15.9. The molecule has 0 heterocycles. The van der Waals surface area contributed by atoms with Crippen LogP contribution in [0.4, 0.5) is 48.3 Å². The maximum Gasteiger partial charge on any atom is 0.438 e. The summed E-state index contributed by atoms with van der Waals surface area (Å²) < 4.78 is 136. The number of hydrogen-bond donors (Lipinski definition) is 0. The van der Waals surface area contributed by atoms with Gasteiger partial charge < -0.3 is 0 Å². The first-order valence-corrected chi connectivity index (χ1v) is 4.43. The van der Waals surface area contributed by atoms with E-state index in [1.54, 1.807) is 0 Å². The average molecular weight is 311 g/mol. The molecule has 0 aromatic rings. The fourth-order valence-electron chi connectivity index (χ4n) is 1.15. The Morgan fingerprint density at radius 1 is 0.632 bits per heavy atom. The Labute approximate surface area is 99.1 Å². The quantitative estimate of drug-likeness (QED) is 0.660. The molecule has 0 saturated carbocycles. The van der Waals surface area contributed by atoms with Crippen molar-refractivity contribution in [2.75, 3.05) is 0 Å². The molecule has 115 valence electrons. The minimum atomic E-state index is -7.36. The second kappa shape index (κ2) is 4.65. The van der Waals surface area contributed by atoms with Gasteiger partial charge in [-0.3, -0.25) is 0 Å². The predicted octanol–water partition coefficient (Wildman–Crippen LogP) is 4.70. The van der Waals surface area contributed by atoms with Gasteiger partial charge in [-0.25, -0.2) is 4.39 Å². The molecule has 0 aliphatic carbocycles. The molecule has 1 radical (unpaired) electrons. The Morgan fingerprint density at radius 3 is 1.16 bits per heavy atom. The lowest BCUT2D eigenvalue weighted by Crippen LogP contribution is -2.70. The van der Waals surface area contributed by atoms with E-state index in [-0.39, 0.29) is 0 Å². The summed E-state index contributed by atoms with van der Waals surface area (Å²) in [6.07, 6.45) is -17.8. The summed E-state index contributed by atoms with van der Waals surface area (Å²) in [4.78, 5) is 0. The minimum Gasteiger partial charge on any atom is -0.216 e. The molecule has 11 heteroatoms. The van der Waals surface area contributed by atoms with Crippen LogP contribution < -0.4 is 0 Å². The summed E-state index contributed by atoms with van der Waals surface area (Å²) in [6, 6.07) is 0. The van der Waals surface area contributed by atoms with Crippen molar-refractivity contribution in [1.82, 2.24) is 0 Å². The first kappa shape index (κ1) is 18.2. The van der Waals surface area contributed by atoms with Gasteiger partial charge in [0.2, 0.25) is 0 Å². The van der Waals surface area contributed by atoms with Crippen molar-refractivity contribution in [3.63, 3.8) is 0 Å². The molecule has 19 heavy (non-hydrogen) atoms. The minimum absolute atomic E-state index is 1.12. The summed E-state index contributed by atoms with van der Waals surface area (Å²) in [7, 11) is 0. The molecular formula is C8H6F11. The third-order valence-corrected chi connectivity index (χ3v) is 2.16. The van der Waals surface area contributed by atoms with E-state index in [9.17, 15) is 48.3 Å². The smallest absolute Gasteiger partial charge is 0.216 e. The van der Waals surface area contributed by atoms with Crippen LogP contribution in [0.25, 0.3) is 0 Å². The van der Waals surface area contributed by atoms with Crippen LogP contribution in [0.15, 0.2) is 0 Å². The fourth-order valence-corrected chi connectivity index (χ4v) is 1.15. The highest BCUT2D eigenvalue weighted by molar-refractivity contribution is 5.10. The topological polar surface area (TPSA) is 0 Å². The zero-order valence-electron chi connectivity index (χ0n) is 8.78. The lowest BCUT2D eigenvalue weighted by atomic mass is 9.89. The van der Waals surface area contributed by atoms with Gasteiger partial charge in [0.1, 0.15) is 0 Å². The summed E-state index contributed by atoms with van der Waals surface area (Å²) >= 11 is 0. The molecule has 0 spiro atoms. The van der Waals surface area contributed by atoms with Crippen LogP contribution in [0.5, 0.6) is 0 Å². The number of rotatable bonds is 4. The van der Waals surface area contributed by atoms with E-state index >= 15 is 0 Å². The maximum atomic E-state index is 12.9. The van der Waals surface area contributed by atoms with Crippen LogP contribution in [0, 0.1) is 6.92 Å². The van der Waals surface area contributed by atoms with Gasteiger partial charge >= 0.3 is 29.9 Å². The fraction of sp³-hybridized carbons (Fsp3) is 0.875. The molecule has 0 rings (SSSR count). The van der Waals surface area contributed by atoms with Gasteiger partial charge in [0.15, 0.2) is 0 Å². The first-order chi connectivity index (χ1) is 8.06. The van der Waals surface area contributed by atoms with E-state index in [0.717, 1.165) is 0 Å². The van der Waals surface area contributed by atoms with Crippen molar-refractivity contribution in [3.8, 4) is 0 Å². The Balaban J connectivity index is 6.05. The Morgan fingerprint density at radius 2 is 0.947 bits per heavy atom. The van der Waals surface area contributed by atoms with E-state index in [1.165, 1.54) is 0 Å². The van der Waals surface area contributed by atoms with E-state index < -0.39 is 42.7 Å². The predicted molar refractivity (Wildman–Crippen MR) is 40.4 cm³/mol. The lowest BCUT2D eigenvalue weighted by Gasteiger charge is -2.39. The number of hydrogen-bond acceptors (Lipinski definition) is 0. The SMILES string of the molecule is [CH2]CCC(F)(F)C(F)(F)C(F)(C(F)(F)F)C(F)(F)F. The molecule has 0 amide bonds. The van der Waals surface area contributed by atoms with Gasteiger partial charge in [-0.2, -0.15) is 43.9 Å². The first-order valence-electron chi connectivity index (χ1n) is 4.43. The summed E-state index contributed by atoms with van der Waals surface area (Å²) in [5.41, 5.74) is -7.36. The van der Waals surface area contributed by atoms with E-state index in [0.29, 0.717) is 0 Å². The van der Waals surface area contributed by atoms with Crippen LogP contribution in [0.1, 0.15) is 12.8 Å². The molecule has 0 fully saturated rings. The lowest BCUT2D eigenvalue weighted by molar-refractivity contribution is -0.426. The van der Waals surface area contributed by atoms with E-state index in [4.69, 9.17) is 0 Å². The molecule has 0 aliphatic heterocycles. The molecule has 0 bridgehead atoms. The van der Waals surface area contributed by atoms with Crippen molar-refractivity contribution < 1.29 is 48.3 Å². The molecule has 0 aliphatic rings. The van der Waals surface area contributed by atoms with E-state index in [2.05, 4.69) is 6.92 Å². The summed E-state index contributed by atoms with van der Waals surface area (Å²) in [5, 5.41) is 0. The molecule has 0 atom stereocenters. The molecule has 0 saturated heterocycles. The Kier molecular flexibility index (Phi) is 4.46. The second-order valence-corrected chi connectivity index (χ2v) is 3.54. The molecule has 0 aromatic carbocycles. The third-order valence-electron chi connectivity index (χ3n) is 2.16. The van der Waals surface area contributed by atoms with Gasteiger partial charge in [0.05, 0.1) is 0 Å². The van der Waals surface area contributed by atoms with Crippen molar-refractivity contribution in [3.05, 3.63) is 6.92 Å². The number of alkyl halides is 11. The Bertz CT molecular complexity index is 296. The van der Waals surface area contributed by atoms with Gasteiger partial charge in [-0.1, -0.05) is 6.92 Å². The Hall–Kier alpha value is -0.770. The highest BCUT2D eigenvalue weighted by Gasteiger charge is 2.89. The normalized spacial score (nSPS) is 15.8. The largest absolute Gasteiger partial charge is 0.438 e. The maximum absolute atomic E-state index is 12.9. The van der Waals surface area contributed by atoms with Gasteiger partial charge in [-0.05, 0) is 6.42 Å². The van der Waals surface area contributed by atoms with Gasteiger partial charge in [0, 0.05) is 6.42 Å². The average Bonchev–Trinajstić information content (AvgIpc) is 2.12. The second-order valence-electron chi connectivity index (χ2n) is 3.54. The van der Waals surface area contributed by atoms with Crippen molar-refractivity contribution in [1.29, 1.82) is 0 Å².